The molecule has 0 saturated carbocycles. The van der Waals surface area contributed by atoms with Crippen LogP contribution in [-0.2, 0) is 20.7 Å². The van der Waals surface area contributed by atoms with Crippen molar-refractivity contribution < 1.29 is 38.4 Å². The standard InChI is InChI=1S/C33H36N4O8S/c1-6-7-36-19-9-17-8-14(2)28(41-5)27(39)22(17)25(36)26-32-24-23(31-30(43-13-44-31)15(3)29(24)45-16(4)38)21(37(26)20(19)10-34)11-42-33(40)18(35)12-46-32/h6,8,18-21,25-26,32,39H,1,7,9,11-13,35H2,2-5H3/t18?,19-,20+,21+,25+,26?,32-/m1/s1. The molecule has 242 valence electrons. The summed E-state index contributed by atoms with van der Waals surface area (Å²) in [6.45, 7) is 9.38. The molecular formula is C33H36N4O8S. The van der Waals surface area contributed by atoms with Crippen molar-refractivity contribution in [3.05, 3.63) is 52.1 Å². The highest BCUT2D eigenvalue weighted by Gasteiger charge is 2.61. The second kappa shape index (κ2) is 11.4. The van der Waals surface area contributed by atoms with Gasteiger partial charge < -0.3 is 34.5 Å². The number of piperazine rings is 1. The van der Waals surface area contributed by atoms with Crippen LogP contribution in [-0.4, -0.2) is 83.8 Å². The first-order valence-electron chi connectivity index (χ1n) is 15.2. The number of aromatic hydroxyl groups is 1. The third-order valence-corrected chi connectivity index (χ3v) is 11.3. The lowest BCUT2D eigenvalue weighted by molar-refractivity contribution is -0.150. The van der Waals surface area contributed by atoms with Crippen molar-refractivity contribution in [2.45, 2.75) is 68.7 Å². The van der Waals surface area contributed by atoms with E-state index in [2.05, 4.69) is 22.4 Å². The Morgan fingerprint density at radius 3 is 2.70 bits per heavy atom. The first kappa shape index (κ1) is 30.7. The van der Waals surface area contributed by atoms with Crippen molar-refractivity contribution in [3.8, 4) is 34.8 Å². The highest BCUT2D eigenvalue weighted by molar-refractivity contribution is 7.99. The number of fused-ring (bicyclic) bond motifs is 9. The van der Waals surface area contributed by atoms with Gasteiger partial charge in [-0.25, -0.2) is 0 Å². The molecule has 7 atom stereocenters. The van der Waals surface area contributed by atoms with Gasteiger partial charge in [0.25, 0.3) is 0 Å². The molecule has 0 spiro atoms. The molecular weight excluding hydrogens is 612 g/mol. The number of rotatable bonds is 4. The molecule has 0 aromatic heterocycles. The minimum Gasteiger partial charge on any atom is -0.504 e. The van der Waals surface area contributed by atoms with Crippen LogP contribution < -0.4 is 24.7 Å². The van der Waals surface area contributed by atoms with Gasteiger partial charge >= 0.3 is 11.9 Å². The fraction of sp³-hybridized carbons (Fsp3) is 0.485. The van der Waals surface area contributed by atoms with Crippen molar-refractivity contribution >= 4 is 23.7 Å². The summed E-state index contributed by atoms with van der Waals surface area (Å²) in [5, 5.41) is 22.3. The number of benzene rings is 2. The van der Waals surface area contributed by atoms with E-state index in [1.165, 1.54) is 25.8 Å². The molecule has 2 aromatic rings. The number of nitrogens with two attached hydrogens (primary N) is 1. The molecule has 0 amide bonds. The molecule has 3 N–H and O–H groups in total. The molecule has 46 heavy (non-hydrogen) atoms. The number of esters is 2. The lowest BCUT2D eigenvalue weighted by Crippen LogP contribution is -2.70. The number of hydrogen-bond acceptors (Lipinski definition) is 13. The molecule has 5 heterocycles. The summed E-state index contributed by atoms with van der Waals surface area (Å²) in [5.74, 6) is 0.861. The number of carbonyl (C=O) groups is 2. The van der Waals surface area contributed by atoms with Gasteiger partial charge in [0, 0.05) is 53.6 Å². The van der Waals surface area contributed by atoms with Gasteiger partial charge in [0.1, 0.15) is 24.4 Å². The molecule has 7 rings (SSSR count). The number of carbonyl (C=O) groups excluding carboxylic acids is 2. The van der Waals surface area contributed by atoms with Crippen LogP contribution in [0.1, 0.15) is 57.6 Å². The third kappa shape index (κ3) is 4.31. The number of hydrogen-bond donors (Lipinski definition) is 2. The Kier molecular flexibility index (Phi) is 7.59. The topological polar surface area (TPSA) is 157 Å². The highest BCUT2D eigenvalue weighted by atomic mass is 32.2. The highest BCUT2D eigenvalue weighted by Crippen LogP contribution is 2.64. The number of aryl methyl sites for hydroxylation is 1. The maximum atomic E-state index is 13.0. The molecule has 2 fully saturated rings. The SMILES string of the molecule is C=CCN1[C@@H]2Cc3cc(C)c(OC)c(O)c3[C@H]1C1[C@@H]3SCC(N)C(=O)OC[C@@H](c4c5c(c(C)c(OC(C)=O)c43)OCO5)N1[C@H]2C#N. The van der Waals surface area contributed by atoms with Crippen molar-refractivity contribution in [2.75, 3.05) is 32.8 Å². The summed E-state index contributed by atoms with van der Waals surface area (Å²) in [6, 6.07) is 1.15. The molecule has 13 heteroatoms. The minimum absolute atomic E-state index is 0.0365. The molecule has 2 aromatic carbocycles. The number of ether oxygens (including phenoxy) is 5. The smallest absolute Gasteiger partial charge is 0.323 e. The number of cyclic esters (lactones) is 1. The molecule has 0 aliphatic carbocycles. The zero-order valence-electron chi connectivity index (χ0n) is 26.1. The van der Waals surface area contributed by atoms with Gasteiger partial charge in [0.15, 0.2) is 23.0 Å². The van der Waals surface area contributed by atoms with E-state index >= 15 is 0 Å². The van der Waals surface area contributed by atoms with Crippen LogP contribution in [0.4, 0.5) is 0 Å². The van der Waals surface area contributed by atoms with Crippen LogP contribution in [0.3, 0.4) is 0 Å². The average molecular weight is 649 g/mol. The van der Waals surface area contributed by atoms with Crippen LogP contribution >= 0.6 is 11.8 Å². The van der Waals surface area contributed by atoms with Gasteiger partial charge in [0.05, 0.1) is 30.5 Å². The van der Waals surface area contributed by atoms with E-state index in [0.29, 0.717) is 58.2 Å². The number of nitriles is 1. The summed E-state index contributed by atoms with van der Waals surface area (Å²) in [7, 11) is 1.53. The first-order valence-corrected chi connectivity index (χ1v) is 16.3. The third-order valence-electron chi connectivity index (χ3n) is 9.85. The van der Waals surface area contributed by atoms with Gasteiger partial charge in [-0.3, -0.25) is 19.4 Å². The van der Waals surface area contributed by atoms with Gasteiger partial charge in [-0.05, 0) is 31.4 Å². The Hall–Kier alpha value is -3.96. The van der Waals surface area contributed by atoms with Crippen LogP contribution in [0.2, 0.25) is 0 Å². The van der Waals surface area contributed by atoms with E-state index in [9.17, 15) is 20.0 Å². The van der Waals surface area contributed by atoms with Crippen LogP contribution in [0.25, 0.3) is 0 Å². The lowest BCUT2D eigenvalue weighted by atomic mass is 9.71. The summed E-state index contributed by atoms with van der Waals surface area (Å²) in [4.78, 5) is 30.0. The van der Waals surface area contributed by atoms with Crippen LogP contribution in [0, 0.1) is 25.2 Å². The molecule has 5 aliphatic rings. The van der Waals surface area contributed by atoms with Crippen molar-refractivity contribution in [2.24, 2.45) is 5.73 Å². The van der Waals surface area contributed by atoms with Crippen LogP contribution in [0.15, 0.2) is 18.7 Å². The summed E-state index contributed by atoms with van der Waals surface area (Å²) < 4.78 is 29.6. The van der Waals surface area contributed by atoms with E-state index in [4.69, 9.17) is 29.4 Å². The summed E-state index contributed by atoms with van der Waals surface area (Å²) in [5.41, 5.74) is 10.8. The van der Waals surface area contributed by atoms with Gasteiger partial charge in [-0.2, -0.15) is 5.26 Å². The maximum Gasteiger partial charge on any atom is 0.323 e. The zero-order chi connectivity index (χ0) is 32.6. The van der Waals surface area contributed by atoms with Gasteiger partial charge in [0.2, 0.25) is 6.79 Å². The van der Waals surface area contributed by atoms with E-state index in [1.54, 1.807) is 6.08 Å². The quantitative estimate of drug-likeness (QED) is 0.284. The number of thioether (sulfide) groups is 1. The molecule has 2 saturated heterocycles. The van der Waals surface area contributed by atoms with Crippen LogP contribution in [0.5, 0.6) is 28.7 Å². The largest absolute Gasteiger partial charge is 0.504 e. The zero-order valence-corrected chi connectivity index (χ0v) is 26.9. The van der Waals surface area contributed by atoms with Crippen molar-refractivity contribution in [1.29, 1.82) is 5.26 Å². The summed E-state index contributed by atoms with van der Waals surface area (Å²) in [6.07, 6.45) is 2.30. The normalized spacial score (nSPS) is 29.5. The predicted octanol–water partition coefficient (Wildman–Crippen LogP) is 3.12. The van der Waals surface area contributed by atoms with Crippen molar-refractivity contribution in [3.63, 3.8) is 0 Å². The Morgan fingerprint density at radius 1 is 1.24 bits per heavy atom. The second-order valence-corrected chi connectivity index (χ2v) is 13.5. The Bertz CT molecular complexity index is 1710. The summed E-state index contributed by atoms with van der Waals surface area (Å²) >= 11 is 1.43. The monoisotopic (exact) mass is 648 g/mol. The minimum atomic E-state index is -0.907. The fourth-order valence-electron chi connectivity index (χ4n) is 8.23. The maximum absolute atomic E-state index is 13.0. The number of phenolic OH excluding ortho intramolecular Hbond substituents is 1. The molecule has 4 bridgehead atoms. The number of phenols is 1. The molecule has 5 aliphatic heterocycles. The first-order chi connectivity index (χ1) is 22.1. The van der Waals surface area contributed by atoms with E-state index < -0.39 is 47.4 Å². The van der Waals surface area contributed by atoms with E-state index in [0.717, 1.165) is 11.1 Å². The average Bonchev–Trinajstić information content (AvgIpc) is 3.51. The Morgan fingerprint density at radius 2 is 2.00 bits per heavy atom. The number of methoxy groups -OCH3 is 1. The molecule has 2 unspecified atom stereocenters. The Balaban J connectivity index is 1.58. The Labute approximate surface area is 270 Å². The van der Waals surface area contributed by atoms with Crippen molar-refractivity contribution in [1.82, 2.24) is 9.80 Å². The number of nitrogens with zero attached hydrogens (tertiary/aromatic N) is 3. The van der Waals surface area contributed by atoms with E-state index in [-0.39, 0.29) is 30.9 Å². The van der Waals surface area contributed by atoms with Gasteiger partial charge in [-0.1, -0.05) is 12.1 Å². The second-order valence-electron chi connectivity index (χ2n) is 12.3. The molecule has 12 nitrogen and oxygen atoms in total. The lowest BCUT2D eigenvalue weighted by Gasteiger charge is -2.62. The van der Waals surface area contributed by atoms with Gasteiger partial charge in [-0.15, -0.1) is 18.3 Å². The van der Waals surface area contributed by atoms with E-state index in [1.807, 2.05) is 19.9 Å². The predicted molar refractivity (Wildman–Crippen MR) is 167 cm³/mol. The fourth-order valence-corrected chi connectivity index (χ4v) is 9.67. The molecule has 0 radical (unpaired) electrons.